The molecule has 0 bridgehead atoms. The predicted octanol–water partition coefficient (Wildman–Crippen LogP) is 6.08. The average molecular weight is 485 g/mol. The van der Waals surface area contributed by atoms with E-state index in [9.17, 15) is 13.2 Å². The summed E-state index contributed by atoms with van der Waals surface area (Å²) in [6.07, 6.45) is 1.18. The predicted molar refractivity (Wildman–Crippen MR) is 133 cm³/mol. The molecule has 0 aliphatic carbocycles. The van der Waals surface area contributed by atoms with Crippen LogP contribution in [0.3, 0.4) is 0 Å². The van der Waals surface area contributed by atoms with Gasteiger partial charge in [0.15, 0.2) is 0 Å². The number of fused-ring (bicyclic) bond motifs is 1. The molecule has 8 heteroatoms. The first-order chi connectivity index (χ1) is 15.2. The van der Waals surface area contributed by atoms with Gasteiger partial charge in [0, 0.05) is 15.4 Å². The fourth-order valence-electron chi connectivity index (χ4n) is 3.28. The van der Waals surface area contributed by atoms with Crippen LogP contribution in [0, 0.1) is 6.92 Å². The number of thiophene rings is 1. The van der Waals surface area contributed by atoms with Gasteiger partial charge in [-0.25, -0.2) is 8.42 Å². The number of carbonyl (C=O) groups is 1. The van der Waals surface area contributed by atoms with Crippen molar-refractivity contribution in [2.75, 3.05) is 15.9 Å². The number of halogens is 1. The molecule has 32 heavy (non-hydrogen) atoms. The minimum Gasteiger partial charge on any atom is -0.321 e. The number of nitrogens with one attached hydrogen (secondary N) is 1. The van der Waals surface area contributed by atoms with Crippen molar-refractivity contribution >= 4 is 60.3 Å². The molecule has 0 saturated carbocycles. The number of sulfonamides is 1. The number of benzene rings is 3. The molecule has 3 aromatic carbocycles. The summed E-state index contributed by atoms with van der Waals surface area (Å²) in [5, 5.41) is 4.30. The minimum absolute atomic E-state index is 0.187. The van der Waals surface area contributed by atoms with Crippen LogP contribution in [0.15, 0.2) is 72.8 Å². The Kier molecular flexibility index (Phi) is 6.24. The first-order valence-electron chi connectivity index (χ1n) is 9.83. The third-order valence-electron chi connectivity index (χ3n) is 4.96. The molecule has 1 amide bonds. The standard InChI is InChI=1S/C24H21ClN2O3S2/c1-16-3-9-20(10-4-16)26-24(28)23-14-18-13-21(11-12-22(18)31-23)27(32(2,29)30)15-17-5-7-19(25)8-6-17/h3-14H,15H2,1-2H3,(H,26,28). The Balaban J connectivity index is 1.62. The van der Waals surface area contributed by atoms with Gasteiger partial charge in [0.25, 0.3) is 5.91 Å². The maximum Gasteiger partial charge on any atom is 0.265 e. The topological polar surface area (TPSA) is 66.5 Å². The number of aryl methyl sites for hydroxylation is 1. The molecule has 1 N–H and O–H groups in total. The van der Waals surface area contributed by atoms with Gasteiger partial charge in [-0.15, -0.1) is 11.3 Å². The Bertz CT molecular complexity index is 1380. The normalized spacial score (nSPS) is 11.5. The summed E-state index contributed by atoms with van der Waals surface area (Å²) in [6, 6.07) is 21.9. The average Bonchev–Trinajstić information content (AvgIpc) is 3.17. The maximum absolute atomic E-state index is 12.7. The fourth-order valence-corrected chi connectivity index (χ4v) is 5.23. The Morgan fingerprint density at radius 2 is 1.69 bits per heavy atom. The van der Waals surface area contributed by atoms with Crippen LogP contribution < -0.4 is 9.62 Å². The highest BCUT2D eigenvalue weighted by molar-refractivity contribution is 7.92. The van der Waals surface area contributed by atoms with E-state index >= 15 is 0 Å². The third kappa shape index (κ3) is 5.12. The second-order valence-corrected chi connectivity index (χ2v) is 11.0. The van der Waals surface area contributed by atoms with Crippen LogP contribution in [0.2, 0.25) is 5.02 Å². The van der Waals surface area contributed by atoms with Crippen molar-refractivity contribution in [3.05, 3.63) is 93.8 Å². The van der Waals surface area contributed by atoms with Crippen molar-refractivity contribution in [2.45, 2.75) is 13.5 Å². The zero-order chi connectivity index (χ0) is 22.9. The van der Waals surface area contributed by atoms with Crippen LogP contribution in [0.4, 0.5) is 11.4 Å². The van der Waals surface area contributed by atoms with E-state index in [4.69, 9.17) is 11.6 Å². The van der Waals surface area contributed by atoms with E-state index in [0.29, 0.717) is 15.6 Å². The molecule has 1 heterocycles. The van der Waals surface area contributed by atoms with Gasteiger partial charge in [-0.2, -0.15) is 0 Å². The molecule has 0 spiro atoms. The van der Waals surface area contributed by atoms with Crippen LogP contribution in [-0.2, 0) is 16.6 Å². The van der Waals surface area contributed by atoms with Crippen LogP contribution in [0.5, 0.6) is 0 Å². The first kappa shape index (κ1) is 22.3. The van der Waals surface area contributed by atoms with Crippen LogP contribution in [0.25, 0.3) is 10.1 Å². The Morgan fingerprint density at radius 3 is 2.34 bits per heavy atom. The van der Waals surface area contributed by atoms with Gasteiger partial charge in [-0.1, -0.05) is 41.4 Å². The molecule has 1 aromatic heterocycles. The Labute approximate surface area is 196 Å². The minimum atomic E-state index is -3.52. The summed E-state index contributed by atoms with van der Waals surface area (Å²) >= 11 is 7.31. The summed E-state index contributed by atoms with van der Waals surface area (Å²) in [5.41, 5.74) is 3.21. The monoisotopic (exact) mass is 484 g/mol. The maximum atomic E-state index is 12.7. The lowest BCUT2D eigenvalue weighted by Gasteiger charge is -2.22. The van der Waals surface area contributed by atoms with E-state index in [2.05, 4.69) is 5.32 Å². The quantitative estimate of drug-likeness (QED) is 0.360. The lowest BCUT2D eigenvalue weighted by atomic mass is 10.2. The lowest BCUT2D eigenvalue weighted by molar-refractivity contribution is 0.103. The number of anilines is 2. The molecule has 4 aromatic rings. The zero-order valence-electron chi connectivity index (χ0n) is 17.5. The largest absolute Gasteiger partial charge is 0.321 e. The number of hydrogen-bond donors (Lipinski definition) is 1. The van der Waals surface area contributed by atoms with Crippen molar-refractivity contribution in [1.82, 2.24) is 0 Å². The molecule has 4 rings (SSSR count). The van der Waals surface area contributed by atoms with Crippen molar-refractivity contribution in [2.24, 2.45) is 0 Å². The molecule has 5 nitrogen and oxygen atoms in total. The highest BCUT2D eigenvalue weighted by Gasteiger charge is 2.19. The van der Waals surface area contributed by atoms with Crippen LogP contribution >= 0.6 is 22.9 Å². The van der Waals surface area contributed by atoms with Gasteiger partial charge in [-0.05, 0) is 66.4 Å². The van der Waals surface area contributed by atoms with Gasteiger partial charge in [0.05, 0.1) is 23.4 Å². The zero-order valence-corrected chi connectivity index (χ0v) is 19.9. The molecular weight excluding hydrogens is 464 g/mol. The second kappa shape index (κ2) is 8.94. The molecular formula is C24H21ClN2O3S2. The van der Waals surface area contributed by atoms with E-state index in [1.165, 1.54) is 21.9 Å². The number of nitrogens with zero attached hydrogens (tertiary/aromatic N) is 1. The van der Waals surface area contributed by atoms with E-state index in [1.807, 2.05) is 37.3 Å². The van der Waals surface area contributed by atoms with Crippen molar-refractivity contribution in [3.63, 3.8) is 0 Å². The van der Waals surface area contributed by atoms with Gasteiger partial charge < -0.3 is 5.32 Å². The molecule has 0 atom stereocenters. The summed E-state index contributed by atoms with van der Waals surface area (Å²) in [6.45, 7) is 2.17. The van der Waals surface area contributed by atoms with E-state index in [0.717, 1.165) is 26.9 Å². The summed E-state index contributed by atoms with van der Waals surface area (Å²) in [5.74, 6) is -0.197. The van der Waals surface area contributed by atoms with Crippen LogP contribution in [0.1, 0.15) is 20.8 Å². The number of hydrogen-bond acceptors (Lipinski definition) is 4. The Morgan fingerprint density at radius 1 is 1.00 bits per heavy atom. The van der Waals surface area contributed by atoms with Gasteiger partial charge in [-0.3, -0.25) is 9.10 Å². The summed E-state index contributed by atoms with van der Waals surface area (Å²) in [4.78, 5) is 13.3. The highest BCUT2D eigenvalue weighted by atomic mass is 35.5. The molecule has 0 aliphatic heterocycles. The van der Waals surface area contributed by atoms with Crippen molar-refractivity contribution in [3.8, 4) is 0 Å². The molecule has 0 saturated heterocycles. The third-order valence-corrected chi connectivity index (χ3v) is 7.47. The van der Waals surface area contributed by atoms with Gasteiger partial charge in [0.1, 0.15) is 0 Å². The second-order valence-electron chi connectivity index (χ2n) is 7.55. The molecule has 0 unspecified atom stereocenters. The van der Waals surface area contributed by atoms with Crippen molar-refractivity contribution < 1.29 is 13.2 Å². The number of amides is 1. The molecule has 0 aliphatic rings. The highest BCUT2D eigenvalue weighted by Crippen LogP contribution is 2.31. The summed E-state index contributed by atoms with van der Waals surface area (Å²) < 4.78 is 27.3. The van der Waals surface area contributed by atoms with Crippen molar-refractivity contribution in [1.29, 1.82) is 0 Å². The summed E-state index contributed by atoms with van der Waals surface area (Å²) in [7, 11) is -3.52. The van der Waals surface area contributed by atoms with Gasteiger partial charge in [0.2, 0.25) is 10.0 Å². The lowest BCUT2D eigenvalue weighted by Crippen LogP contribution is -2.29. The number of carbonyl (C=O) groups excluding carboxylic acids is 1. The number of rotatable bonds is 6. The van der Waals surface area contributed by atoms with E-state index in [-0.39, 0.29) is 12.5 Å². The molecule has 164 valence electrons. The fraction of sp³-hybridized carbons (Fsp3) is 0.125. The van der Waals surface area contributed by atoms with E-state index in [1.54, 1.807) is 42.5 Å². The Hall–Kier alpha value is -2.87. The first-order valence-corrected chi connectivity index (χ1v) is 12.9. The van der Waals surface area contributed by atoms with Gasteiger partial charge >= 0.3 is 0 Å². The molecule has 0 fully saturated rings. The van der Waals surface area contributed by atoms with E-state index < -0.39 is 10.0 Å². The van der Waals surface area contributed by atoms with Crippen LogP contribution in [-0.4, -0.2) is 20.6 Å². The smallest absolute Gasteiger partial charge is 0.265 e. The molecule has 0 radical (unpaired) electrons. The SMILES string of the molecule is Cc1ccc(NC(=O)c2cc3cc(N(Cc4ccc(Cl)cc4)S(C)(=O)=O)ccc3s2)cc1.